The van der Waals surface area contributed by atoms with Crippen molar-refractivity contribution >= 4 is 11.6 Å². The minimum absolute atomic E-state index is 0.0796. The van der Waals surface area contributed by atoms with E-state index in [1.54, 1.807) is 0 Å². The molecule has 21 heavy (non-hydrogen) atoms. The summed E-state index contributed by atoms with van der Waals surface area (Å²) < 4.78 is 11.2. The Hall–Kier alpha value is -2.01. The molecule has 0 aliphatic heterocycles. The van der Waals surface area contributed by atoms with Gasteiger partial charge >= 0.3 is 5.69 Å². The third-order valence-electron chi connectivity index (χ3n) is 3.16. The Morgan fingerprint density at radius 2 is 2.19 bits per heavy atom. The van der Waals surface area contributed by atoms with Crippen molar-refractivity contribution in [2.45, 2.75) is 18.3 Å². The molecule has 0 aliphatic rings. The number of hydrogen-bond acceptors (Lipinski definition) is 8. The molecule has 0 amide bonds. The zero-order valence-corrected chi connectivity index (χ0v) is 11.6. The summed E-state index contributed by atoms with van der Waals surface area (Å²) in [5.41, 5.74) is 5.47. The van der Waals surface area contributed by atoms with Gasteiger partial charge in [-0.15, -0.1) is 0 Å². The zero-order chi connectivity index (χ0) is 15.6. The number of nitrogens with zero attached hydrogens (tertiary/aromatic N) is 3. The minimum atomic E-state index is -1.18. The Kier molecular flexibility index (Phi) is 4.53. The molecule has 2 aromatic rings. The first-order valence-corrected chi connectivity index (χ1v) is 6.11. The molecular formula is C11H17N5O5. The number of hydrogen-bond donors (Lipinski definition) is 4. The van der Waals surface area contributed by atoms with Gasteiger partial charge < -0.3 is 25.4 Å². The highest BCUT2D eigenvalue weighted by molar-refractivity contribution is 5.49. The van der Waals surface area contributed by atoms with E-state index in [0.717, 1.165) is 4.52 Å². The maximum absolute atomic E-state index is 11.7. The van der Waals surface area contributed by atoms with Crippen LogP contribution in [0.2, 0.25) is 0 Å². The molecule has 0 saturated carbocycles. The van der Waals surface area contributed by atoms with Crippen LogP contribution in [0.5, 0.6) is 0 Å². The lowest BCUT2D eigenvalue weighted by Gasteiger charge is -2.26. The summed E-state index contributed by atoms with van der Waals surface area (Å²) in [5.74, 6) is -0.0796. The summed E-state index contributed by atoms with van der Waals surface area (Å²) in [5, 5.41) is 23.3. The number of H-pyrrole nitrogens is 1. The number of aromatic nitrogens is 4. The Bertz CT molecular complexity index is 665. The van der Waals surface area contributed by atoms with Crippen molar-refractivity contribution in [2.24, 2.45) is 0 Å². The summed E-state index contributed by atoms with van der Waals surface area (Å²) in [6, 6.07) is 0. The Morgan fingerprint density at radius 3 is 2.76 bits per heavy atom. The SMILES string of the molecule is COC(CO)C(O)C(OC)c1cnn2c(=O)[nH]c(N)nc12. The summed E-state index contributed by atoms with van der Waals surface area (Å²) in [6.45, 7) is -0.396. The van der Waals surface area contributed by atoms with Crippen molar-refractivity contribution in [3.63, 3.8) is 0 Å². The van der Waals surface area contributed by atoms with Gasteiger partial charge in [0.05, 0.1) is 12.8 Å². The molecule has 3 unspecified atom stereocenters. The van der Waals surface area contributed by atoms with Gasteiger partial charge in [-0.25, -0.2) is 4.79 Å². The summed E-state index contributed by atoms with van der Waals surface area (Å²) in [4.78, 5) is 18.0. The van der Waals surface area contributed by atoms with Gasteiger partial charge in [0.2, 0.25) is 5.95 Å². The number of anilines is 1. The predicted octanol–water partition coefficient (Wildman–Crippen LogP) is -1.94. The first-order chi connectivity index (χ1) is 10.0. The lowest BCUT2D eigenvalue weighted by atomic mass is 10.0. The van der Waals surface area contributed by atoms with Gasteiger partial charge in [-0.05, 0) is 0 Å². The molecule has 10 heteroatoms. The molecule has 2 heterocycles. The van der Waals surface area contributed by atoms with E-state index in [9.17, 15) is 15.0 Å². The van der Waals surface area contributed by atoms with Crippen LogP contribution in [-0.2, 0) is 9.47 Å². The van der Waals surface area contributed by atoms with Crippen molar-refractivity contribution in [3.05, 3.63) is 22.2 Å². The third-order valence-corrected chi connectivity index (χ3v) is 3.16. The Morgan fingerprint density at radius 1 is 1.48 bits per heavy atom. The predicted molar refractivity (Wildman–Crippen MR) is 71.7 cm³/mol. The lowest BCUT2D eigenvalue weighted by Crippen LogP contribution is -2.37. The van der Waals surface area contributed by atoms with Crippen molar-refractivity contribution in [2.75, 3.05) is 26.6 Å². The molecule has 10 nitrogen and oxygen atoms in total. The molecule has 2 rings (SSSR count). The van der Waals surface area contributed by atoms with Gasteiger partial charge in [-0.2, -0.15) is 14.6 Å². The maximum atomic E-state index is 11.7. The highest BCUT2D eigenvalue weighted by atomic mass is 16.5. The number of aliphatic hydroxyl groups is 2. The number of aliphatic hydroxyl groups excluding tert-OH is 2. The number of methoxy groups -OCH3 is 2. The smallest absolute Gasteiger partial charge is 0.350 e. The van der Waals surface area contributed by atoms with E-state index in [2.05, 4.69) is 15.1 Å². The first-order valence-electron chi connectivity index (χ1n) is 6.11. The highest BCUT2D eigenvalue weighted by Crippen LogP contribution is 2.26. The van der Waals surface area contributed by atoms with E-state index in [-0.39, 0.29) is 11.6 Å². The number of aromatic amines is 1. The molecule has 2 aromatic heterocycles. The van der Waals surface area contributed by atoms with Crippen LogP contribution in [0.25, 0.3) is 5.65 Å². The number of ether oxygens (including phenoxy) is 2. The second-order valence-electron chi connectivity index (χ2n) is 4.37. The number of nitrogens with two attached hydrogens (primary N) is 1. The molecule has 0 fully saturated rings. The van der Waals surface area contributed by atoms with Crippen LogP contribution in [-0.4, -0.2) is 62.8 Å². The van der Waals surface area contributed by atoms with E-state index < -0.39 is 30.6 Å². The molecule has 0 saturated heterocycles. The second-order valence-corrected chi connectivity index (χ2v) is 4.37. The average molecular weight is 299 g/mol. The maximum Gasteiger partial charge on any atom is 0.350 e. The van der Waals surface area contributed by atoms with Gasteiger partial charge in [-0.3, -0.25) is 4.98 Å². The summed E-state index contributed by atoms with van der Waals surface area (Å²) >= 11 is 0. The van der Waals surface area contributed by atoms with Crippen LogP contribution in [0, 0.1) is 0 Å². The van der Waals surface area contributed by atoms with E-state index >= 15 is 0 Å². The van der Waals surface area contributed by atoms with E-state index in [4.69, 9.17) is 15.2 Å². The second kappa shape index (κ2) is 6.18. The summed E-state index contributed by atoms with van der Waals surface area (Å²) in [6.07, 6.45) is -1.59. The van der Waals surface area contributed by atoms with Gasteiger partial charge in [0.15, 0.2) is 5.65 Å². The van der Waals surface area contributed by atoms with E-state index in [1.165, 1.54) is 20.4 Å². The number of rotatable bonds is 6. The molecule has 0 bridgehead atoms. The van der Waals surface area contributed by atoms with E-state index in [1.807, 2.05) is 0 Å². The Labute approximate surface area is 119 Å². The fraction of sp³-hybridized carbons (Fsp3) is 0.545. The number of nitrogens with one attached hydrogen (secondary N) is 1. The van der Waals surface area contributed by atoms with Crippen molar-refractivity contribution in [1.29, 1.82) is 0 Å². The number of nitrogen functional groups attached to an aromatic ring is 1. The zero-order valence-electron chi connectivity index (χ0n) is 11.6. The van der Waals surface area contributed by atoms with Crippen molar-refractivity contribution < 1.29 is 19.7 Å². The van der Waals surface area contributed by atoms with Gasteiger partial charge in [-0.1, -0.05) is 0 Å². The molecule has 0 aliphatic carbocycles. The average Bonchev–Trinajstić information content (AvgIpc) is 2.85. The molecule has 0 aromatic carbocycles. The Balaban J connectivity index is 2.50. The quantitative estimate of drug-likeness (QED) is 0.481. The van der Waals surface area contributed by atoms with Crippen molar-refractivity contribution in [1.82, 2.24) is 19.6 Å². The molecule has 5 N–H and O–H groups in total. The fourth-order valence-electron chi connectivity index (χ4n) is 2.09. The van der Waals surface area contributed by atoms with Crippen LogP contribution in [0.4, 0.5) is 5.95 Å². The molecular weight excluding hydrogens is 282 g/mol. The lowest BCUT2D eigenvalue weighted by molar-refractivity contribution is -0.105. The fourth-order valence-corrected chi connectivity index (χ4v) is 2.09. The third kappa shape index (κ3) is 2.74. The van der Waals surface area contributed by atoms with Crippen LogP contribution in [0.1, 0.15) is 11.7 Å². The van der Waals surface area contributed by atoms with Crippen molar-refractivity contribution in [3.8, 4) is 0 Å². The molecule has 3 atom stereocenters. The van der Waals surface area contributed by atoms with Crippen LogP contribution >= 0.6 is 0 Å². The van der Waals surface area contributed by atoms with Crippen LogP contribution < -0.4 is 11.4 Å². The normalized spacial score (nSPS) is 16.0. The van der Waals surface area contributed by atoms with Crippen LogP contribution in [0.3, 0.4) is 0 Å². The molecule has 116 valence electrons. The monoisotopic (exact) mass is 299 g/mol. The minimum Gasteiger partial charge on any atom is -0.394 e. The van der Waals surface area contributed by atoms with Gasteiger partial charge in [0.1, 0.15) is 18.3 Å². The molecule has 0 spiro atoms. The largest absolute Gasteiger partial charge is 0.394 e. The summed E-state index contributed by atoms with van der Waals surface area (Å²) in [7, 11) is 2.73. The highest BCUT2D eigenvalue weighted by Gasteiger charge is 2.31. The van der Waals surface area contributed by atoms with Crippen LogP contribution in [0.15, 0.2) is 11.0 Å². The molecule has 0 radical (unpaired) electrons. The standard InChI is InChI=1S/C11H17N5O5/c1-20-6(4-17)7(18)8(21-2)5-3-13-16-9(5)14-10(12)15-11(16)19/h3,6-8,17-18H,4H2,1-2H3,(H3,12,14,15,19). The van der Waals surface area contributed by atoms with Gasteiger partial charge in [0, 0.05) is 19.8 Å². The topological polar surface area (TPSA) is 148 Å². The van der Waals surface area contributed by atoms with Gasteiger partial charge in [0.25, 0.3) is 0 Å². The number of fused-ring (bicyclic) bond motifs is 1. The first kappa shape index (κ1) is 15.4. The van der Waals surface area contributed by atoms with E-state index in [0.29, 0.717) is 5.56 Å².